The smallest absolute Gasteiger partial charge is 0.234 e. The minimum Gasteiger partial charge on any atom is -0.343 e. The van der Waals surface area contributed by atoms with Crippen LogP contribution in [0.2, 0.25) is 0 Å². The van der Waals surface area contributed by atoms with E-state index in [1.165, 1.54) is 0 Å². The molecule has 0 aliphatic carbocycles. The van der Waals surface area contributed by atoms with Crippen molar-refractivity contribution in [2.75, 3.05) is 6.54 Å². The predicted octanol–water partition coefficient (Wildman–Crippen LogP) is 5.33. The molecule has 0 saturated carbocycles. The molecule has 1 atom stereocenters. The van der Waals surface area contributed by atoms with Crippen LogP contribution in [0, 0.1) is 0 Å². The minimum atomic E-state index is -0.146. The van der Waals surface area contributed by atoms with Gasteiger partial charge in [-0.05, 0) is 28.1 Å². The van der Waals surface area contributed by atoms with Gasteiger partial charge in [0, 0.05) is 4.88 Å². The van der Waals surface area contributed by atoms with Gasteiger partial charge >= 0.3 is 0 Å². The zero-order chi connectivity index (χ0) is 20.6. The number of nitrogens with one attached hydrogen (secondary N) is 2. The van der Waals surface area contributed by atoms with Crippen molar-refractivity contribution in [3.63, 3.8) is 0 Å². The average molecular weight is 413 g/mol. The SMILES string of the molecule is O=C(CNC(c1ccccc1)c1ccccc1)N[C@H](c1ccccc1)c1cccs1. The number of hydrogen-bond acceptors (Lipinski definition) is 3. The molecule has 150 valence electrons. The van der Waals surface area contributed by atoms with Gasteiger partial charge in [-0.3, -0.25) is 10.1 Å². The van der Waals surface area contributed by atoms with E-state index in [9.17, 15) is 4.79 Å². The Bertz CT molecular complexity index is 995. The van der Waals surface area contributed by atoms with E-state index < -0.39 is 0 Å². The first-order chi connectivity index (χ1) is 14.8. The molecule has 0 aliphatic heterocycles. The van der Waals surface area contributed by atoms with Crippen molar-refractivity contribution in [3.05, 3.63) is 130 Å². The van der Waals surface area contributed by atoms with Crippen LogP contribution >= 0.6 is 11.3 Å². The molecule has 0 radical (unpaired) electrons. The van der Waals surface area contributed by atoms with Crippen molar-refractivity contribution >= 4 is 17.2 Å². The van der Waals surface area contributed by atoms with Gasteiger partial charge in [0.15, 0.2) is 0 Å². The third kappa shape index (κ3) is 5.03. The van der Waals surface area contributed by atoms with E-state index in [2.05, 4.69) is 53.1 Å². The quantitative estimate of drug-likeness (QED) is 0.410. The van der Waals surface area contributed by atoms with Gasteiger partial charge in [-0.15, -0.1) is 11.3 Å². The Kier molecular flexibility index (Phi) is 6.70. The maximum atomic E-state index is 12.9. The molecule has 2 N–H and O–H groups in total. The maximum absolute atomic E-state index is 12.9. The molecule has 0 aliphatic rings. The first-order valence-corrected chi connectivity index (χ1v) is 10.9. The summed E-state index contributed by atoms with van der Waals surface area (Å²) in [6.07, 6.45) is 0. The Morgan fingerprint density at radius 3 is 1.63 bits per heavy atom. The number of carbonyl (C=O) groups excluding carboxylic acids is 1. The van der Waals surface area contributed by atoms with Crippen LogP contribution in [-0.2, 0) is 4.79 Å². The molecule has 1 aromatic heterocycles. The van der Waals surface area contributed by atoms with E-state index in [1.807, 2.05) is 66.0 Å². The zero-order valence-electron chi connectivity index (χ0n) is 16.6. The third-order valence-electron chi connectivity index (χ3n) is 5.00. The van der Waals surface area contributed by atoms with Crippen molar-refractivity contribution in [2.24, 2.45) is 0 Å². The zero-order valence-corrected chi connectivity index (χ0v) is 17.4. The number of benzene rings is 3. The first-order valence-electron chi connectivity index (χ1n) is 10.0. The molecular formula is C26H24N2OS. The van der Waals surface area contributed by atoms with Gasteiger partial charge in [-0.25, -0.2) is 0 Å². The lowest BCUT2D eigenvalue weighted by Crippen LogP contribution is -2.38. The van der Waals surface area contributed by atoms with E-state index in [4.69, 9.17) is 0 Å². The van der Waals surface area contributed by atoms with Gasteiger partial charge in [0.25, 0.3) is 0 Å². The second-order valence-corrected chi connectivity index (χ2v) is 8.04. The molecule has 0 spiro atoms. The number of rotatable bonds is 8. The summed E-state index contributed by atoms with van der Waals surface area (Å²) in [5.41, 5.74) is 3.35. The van der Waals surface area contributed by atoms with Crippen LogP contribution in [0.25, 0.3) is 0 Å². The lowest BCUT2D eigenvalue weighted by atomic mass is 9.99. The second-order valence-electron chi connectivity index (χ2n) is 7.06. The van der Waals surface area contributed by atoms with Crippen LogP contribution in [0.1, 0.15) is 33.7 Å². The van der Waals surface area contributed by atoms with Crippen molar-refractivity contribution in [1.29, 1.82) is 0 Å². The van der Waals surface area contributed by atoms with E-state index >= 15 is 0 Å². The van der Waals surface area contributed by atoms with Crippen molar-refractivity contribution in [2.45, 2.75) is 12.1 Å². The number of carbonyl (C=O) groups is 1. The lowest BCUT2D eigenvalue weighted by molar-refractivity contribution is -0.120. The molecule has 1 amide bonds. The Hall–Kier alpha value is -3.21. The van der Waals surface area contributed by atoms with E-state index in [-0.39, 0.29) is 24.5 Å². The number of amides is 1. The fourth-order valence-corrected chi connectivity index (χ4v) is 4.35. The largest absolute Gasteiger partial charge is 0.343 e. The Balaban J connectivity index is 1.49. The molecule has 4 heteroatoms. The lowest BCUT2D eigenvalue weighted by Gasteiger charge is -2.22. The minimum absolute atomic E-state index is 0.0332. The number of thiophene rings is 1. The summed E-state index contributed by atoms with van der Waals surface area (Å²) in [6.45, 7) is 0.225. The summed E-state index contributed by atoms with van der Waals surface area (Å²) in [7, 11) is 0. The van der Waals surface area contributed by atoms with Crippen LogP contribution < -0.4 is 10.6 Å². The molecule has 4 rings (SSSR count). The molecule has 0 saturated heterocycles. The first kappa shape index (κ1) is 20.1. The molecule has 30 heavy (non-hydrogen) atoms. The van der Waals surface area contributed by atoms with Crippen molar-refractivity contribution in [3.8, 4) is 0 Å². The van der Waals surface area contributed by atoms with E-state index in [1.54, 1.807) is 11.3 Å². The highest BCUT2D eigenvalue weighted by molar-refractivity contribution is 7.10. The van der Waals surface area contributed by atoms with Gasteiger partial charge in [-0.2, -0.15) is 0 Å². The molecule has 4 aromatic rings. The Morgan fingerprint density at radius 2 is 1.17 bits per heavy atom. The molecular weight excluding hydrogens is 388 g/mol. The fraction of sp³-hybridized carbons (Fsp3) is 0.115. The van der Waals surface area contributed by atoms with Gasteiger partial charge < -0.3 is 5.32 Å². The maximum Gasteiger partial charge on any atom is 0.234 e. The summed E-state index contributed by atoms with van der Waals surface area (Å²) < 4.78 is 0. The monoisotopic (exact) mass is 412 g/mol. The summed E-state index contributed by atoms with van der Waals surface area (Å²) in [5, 5.41) is 8.69. The van der Waals surface area contributed by atoms with Crippen LogP contribution in [0.5, 0.6) is 0 Å². The van der Waals surface area contributed by atoms with Crippen molar-refractivity contribution in [1.82, 2.24) is 10.6 Å². The summed E-state index contributed by atoms with van der Waals surface area (Å²) in [5.74, 6) is -0.0332. The molecule has 3 aromatic carbocycles. The van der Waals surface area contributed by atoms with E-state index in [0.717, 1.165) is 21.6 Å². The molecule has 1 heterocycles. The normalized spacial score (nSPS) is 11.9. The van der Waals surface area contributed by atoms with Crippen LogP contribution in [0.15, 0.2) is 109 Å². The Labute approximate surface area is 181 Å². The summed E-state index contributed by atoms with van der Waals surface area (Å²) in [4.78, 5) is 14.0. The molecule has 0 fully saturated rings. The molecule has 0 unspecified atom stereocenters. The van der Waals surface area contributed by atoms with Gasteiger partial charge in [0.1, 0.15) is 0 Å². The van der Waals surface area contributed by atoms with Crippen LogP contribution in [0.3, 0.4) is 0 Å². The summed E-state index contributed by atoms with van der Waals surface area (Å²) in [6, 6.07) is 34.4. The van der Waals surface area contributed by atoms with Gasteiger partial charge in [-0.1, -0.05) is 97.1 Å². The standard InChI is InChI=1S/C26H24N2OS/c29-24(28-26(23-17-10-18-30-23)22-15-8-3-9-16-22)19-27-25(20-11-4-1-5-12-20)21-13-6-2-7-14-21/h1-18,25-27H,19H2,(H,28,29)/t26-/m1/s1. The average Bonchev–Trinajstić information content (AvgIpc) is 3.34. The summed E-state index contributed by atoms with van der Waals surface area (Å²) >= 11 is 1.65. The third-order valence-corrected chi connectivity index (χ3v) is 5.94. The molecule has 0 bridgehead atoms. The van der Waals surface area contributed by atoms with Gasteiger partial charge in [0.2, 0.25) is 5.91 Å². The highest BCUT2D eigenvalue weighted by atomic mass is 32.1. The second kappa shape index (κ2) is 10.0. The highest BCUT2D eigenvalue weighted by Gasteiger charge is 2.19. The highest BCUT2D eigenvalue weighted by Crippen LogP contribution is 2.26. The van der Waals surface area contributed by atoms with E-state index in [0.29, 0.717) is 0 Å². The topological polar surface area (TPSA) is 41.1 Å². The Morgan fingerprint density at radius 1 is 0.667 bits per heavy atom. The van der Waals surface area contributed by atoms with Crippen LogP contribution in [0.4, 0.5) is 0 Å². The predicted molar refractivity (Wildman–Crippen MR) is 123 cm³/mol. The molecule has 3 nitrogen and oxygen atoms in total. The van der Waals surface area contributed by atoms with Crippen LogP contribution in [-0.4, -0.2) is 12.5 Å². The van der Waals surface area contributed by atoms with Gasteiger partial charge in [0.05, 0.1) is 18.6 Å². The number of hydrogen-bond donors (Lipinski definition) is 2. The van der Waals surface area contributed by atoms with Crippen molar-refractivity contribution < 1.29 is 4.79 Å². The fourth-order valence-electron chi connectivity index (χ4n) is 3.55.